The summed E-state index contributed by atoms with van der Waals surface area (Å²) in [6.45, 7) is 8.94. The number of ether oxygens (including phenoxy) is 10. The predicted octanol–water partition coefficient (Wildman–Crippen LogP) is 1.05. The Labute approximate surface area is 277 Å². The van der Waals surface area contributed by atoms with E-state index in [1.54, 1.807) is 13.8 Å². The minimum absolute atomic E-state index is 0.0636. The third-order valence-corrected chi connectivity index (χ3v) is 7.53. The molecule has 16 nitrogen and oxygen atoms in total. The Morgan fingerprint density at radius 1 is 0.792 bits per heavy atom. The molecule has 3 aliphatic heterocycles. The topological polar surface area (TPSA) is 190 Å². The highest BCUT2D eigenvalue weighted by Gasteiger charge is 2.58. The van der Waals surface area contributed by atoms with Crippen molar-refractivity contribution >= 4 is 29.8 Å². The fourth-order valence-electron chi connectivity index (χ4n) is 5.72. The number of rotatable bonds is 11. The first-order chi connectivity index (χ1) is 22.6. The second kappa shape index (κ2) is 16.2. The number of carbonyl (C=O) groups is 5. The maximum atomic E-state index is 12.6. The van der Waals surface area contributed by atoms with Crippen molar-refractivity contribution < 1.29 is 71.3 Å². The van der Waals surface area contributed by atoms with Gasteiger partial charge in [0.25, 0.3) is 0 Å². The molecule has 3 heterocycles. The maximum absolute atomic E-state index is 12.6. The molecule has 10 unspecified atom stereocenters. The van der Waals surface area contributed by atoms with E-state index in [0.29, 0.717) is 0 Å². The van der Waals surface area contributed by atoms with Crippen LogP contribution in [0.2, 0.25) is 0 Å². The average molecular weight is 682 g/mol. The molecule has 10 atom stereocenters. The number of carbonyl (C=O) groups excluding carboxylic acids is 5. The summed E-state index contributed by atoms with van der Waals surface area (Å²) in [5.41, 5.74) is 0.833. The molecule has 3 aliphatic rings. The lowest BCUT2D eigenvalue weighted by molar-refractivity contribution is -0.394. The number of benzene rings is 1. The van der Waals surface area contributed by atoms with Gasteiger partial charge in [-0.05, 0) is 19.4 Å². The molecule has 0 aliphatic carbocycles. The number of amides is 1. The quantitative estimate of drug-likeness (QED) is 0.258. The fourth-order valence-corrected chi connectivity index (χ4v) is 5.72. The summed E-state index contributed by atoms with van der Waals surface area (Å²) in [4.78, 5) is 61.3. The Morgan fingerprint density at radius 3 is 2.02 bits per heavy atom. The van der Waals surface area contributed by atoms with Crippen LogP contribution in [0.25, 0.3) is 0 Å². The molecule has 3 fully saturated rings. The lowest BCUT2D eigenvalue weighted by atomic mass is 9.94. The molecular weight excluding hydrogens is 638 g/mol. The van der Waals surface area contributed by atoms with Gasteiger partial charge in [0.2, 0.25) is 5.91 Å². The van der Waals surface area contributed by atoms with E-state index < -0.39 is 104 Å². The summed E-state index contributed by atoms with van der Waals surface area (Å²) >= 11 is 0. The van der Waals surface area contributed by atoms with E-state index in [-0.39, 0.29) is 13.2 Å². The number of hydrogen-bond acceptors (Lipinski definition) is 15. The third-order valence-electron chi connectivity index (χ3n) is 7.53. The van der Waals surface area contributed by atoms with Crippen LogP contribution in [-0.2, 0) is 77.9 Å². The summed E-state index contributed by atoms with van der Waals surface area (Å²) in [6.07, 6.45) is -11.1. The second-order valence-corrected chi connectivity index (χ2v) is 12.0. The smallest absolute Gasteiger partial charge is 0.303 e. The Hall–Kier alpha value is -3.67. The summed E-state index contributed by atoms with van der Waals surface area (Å²) in [5.74, 6) is -4.59. The van der Waals surface area contributed by atoms with Gasteiger partial charge in [-0.2, -0.15) is 0 Å². The van der Waals surface area contributed by atoms with Crippen LogP contribution in [0.5, 0.6) is 0 Å². The minimum Gasteiger partial charge on any atom is -0.463 e. The van der Waals surface area contributed by atoms with E-state index in [2.05, 4.69) is 5.32 Å². The first-order valence-electron chi connectivity index (χ1n) is 15.5. The van der Waals surface area contributed by atoms with Crippen LogP contribution in [0.1, 0.15) is 54.0 Å². The molecule has 1 amide bonds. The van der Waals surface area contributed by atoms with Crippen LogP contribution in [0.15, 0.2) is 30.3 Å². The molecule has 1 aromatic carbocycles. The SMILES string of the molecule is CC(=O)NC1C(OCc2ccccc2)OC2COC(C)(C)OC2C1OC1OC(COC(C)=O)C(OC(C)=O)C(OC(C)=O)C1OC(C)=O. The standard InChI is InChI=1S/C32H43NO15/c1-16(34)33-24-27(26-23(15-41-32(6,7)48-26)45-30(24)40-13-21-11-9-8-10-12-21)47-31-29(44-20(5)38)28(43-19(4)37)25(42-18(3)36)22(46-31)14-39-17(2)35/h8-12,22-31H,13-15H2,1-7H3,(H,33,34). The first kappa shape index (κ1) is 37.2. The highest BCUT2D eigenvalue weighted by atomic mass is 16.8. The van der Waals surface area contributed by atoms with Crippen LogP contribution in [0.4, 0.5) is 0 Å². The summed E-state index contributed by atoms with van der Waals surface area (Å²) < 4.78 is 59.1. The van der Waals surface area contributed by atoms with Crippen molar-refractivity contribution in [1.82, 2.24) is 5.32 Å². The number of esters is 4. The Balaban J connectivity index is 1.76. The second-order valence-electron chi connectivity index (χ2n) is 12.0. The van der Waals surface area contributed by atoms with Crippen molar-refractivity contribution in [2.75, 3.05) is 13.2 Å². The summed E-state index contributed by atoms with van der Waals surface area (Å²) in [5, 5.41) is 2.83. The van der Waals surface area contributed by atoms with Gasteiger partial charge < -0.3 is 52.7 Å². The molecule has 1 N–H and O–H groups in total. The Kier molecular flexibility index (Phi) is 12.5. The van der Waals surface area contributed by atoms with Crippen LogP contribution >= 0.6 is 0 Å². The fraction of sp³-hybridized carbons (Fsp3) is 0.656. The van der Waals surface area contributed by atoms with Gasteiger partial charge in [0.1, 0.15) is 37.1 Å². The van der Waals surface area contributed by atoms with Crippen LogP contribution in [0.3, 0.4) is 0 Å². The highest BCUT2D eigenvalue weighted by Crippen LogP contribution is 2.38. The molecule has 0 bridgehead atoms. The molecule has 0 saturated carbocycles. The Bertz CT molecular complexity index is 1310. The molecule has 0 aromatic heterocycles. The van der Waals surface area contributed by atoms with Crippen molar-refractivity contribution in [3.8, 4) is 0 Å². The number of nitrogens with one attached hydrogen (secondary N) is 1. The van der Waals surface area contributed by atoms with Gasteiger partial charge in [0.05, 0.1) is 13.2 Å². The van der Waals surface area contributed by atoms with E-state index >= 15 is 0 Å². The van der Waals surface area contributed by atoms with Gasteiger partial charge in [0, 0.05) is 34.6 Å². The predicted molar refractivity (Wildman–Crippen MR) is 159 cm³/mol. The Morgan fingerprint density at radius 2 is 1.42 bits per heavy atom. The largest absolute Gasteiger partial charge is 0.463 e. The van der Waals surface area contributed by atoms with Crippen LogP contribution in [0, 0.1) is 0 Å². The molecule has 48 heavy (non-hydrogen) atoms. The zero-order valence-electron chi connectivity index (χ0n) is 27.9. The van der Waals surface area contributed by atoms with E-state index in [1.165, 1.54) is 13.8 Å². The molecule has 0 spiro atoms. The number of hydrogen-bond donors (Lipinski definition) is 1. The minimum atomic E-state index is -1.56. The molecule has 266 valence electrons. The molecule has 0 radical (unpaired) electrons. The molecule has 1 aromatic rings. The lowest BCUT2D eigenvalue weighted by Gasteiger charge is -2.52. The molecule has 16 heteroatoms. The lowest BCUT2D eigenvalue weighted by Crippen LogP contribution is -2.71. The molecule has 3 saturated heterocycles. The monoisotopic (exact) mass is 681 g/mol. The van der Waals surface area contributed by atoms with E-state index in [9.17, 15) is 24.0 Å². The zero-order chi connectivity index (χ0) is 35.2. The van der Waals surface area contributed by atoms with Gasteiger partial charge in [-0.3, -0.25) is 24.0 Å². The van der Waals surface area contributed by atoms with Gasteiger partial charge >= 0.3 is 23.9 Å². The first-order valence-corrected chi connectivity index (χ1v) is 15.5. The van der Waals surface area contributed by atoms with Crippen molar-refractivity contribution in [3.05, 3.63) is 35.9 Å². The van der Waals surface area contributed by atoms with Gasteiger partial charge in [0.15, 0.2) is 36.7 Å². The maximum Gasteiger partial charge on any atom is 0.303 e. The average Bonchev–Trinajstić information content (AvgIpc) is 2.98. The van der Waals surface area contributed by atoms with Gasteiger partial charge in [-0.15, -0.1) is 0 Å². The van der Waals surface area contributed by atoms with Crippen molar-refractivity contribution in [2.24, 2.45) is 0 Å². The number of fused-ring (bicyclic) bond motifs is 1. The summed E-state index contributed by atoms with van der Waals surface area (Å²) in [6, 6.07) is 8.25. The van der Waals surface area contributed by atoms with Crippen molar-refractivity contribution in [3.63, 3.8) is 0 Å². The van der Waals surface area contributed by atoms with Crippen molar-refractivity contribution in [2.45, 2.75) is 122 Å². The van der Waals surface area contributed by atoms with Gasteiger partial charge in [-0.1, -0.05) is 30.3 Å². The molecule has 4 rings (SSSR count). The third kappa shape index (κ3) is 9.93. The van der Waals surface area contributed by atoms with Crippen LogP contribution in [-0.4, -0.2) is 110 Å². The van der Waals surface area contributed by atoms with E-state index in [4.69, 9.17) is 47.4 Å². The zero-order valence-corrected chi connectivity index (χ0v) is 27.9. The summed E-state index contributed by atoms with van der Waals surface area (Å²) in [7, 11) is 0. The van der Waals surface area contributed by atoms with Gasteiger partial charge in [-0.25, -0.2) is 0 Å². The van der Waals surface area contributed by atoms with Crippen molar-refractivity contribution in [1.29, 1.82) is 0 Å². The normalized spacial score (nSPS) is 32.6. The van der Waals surface area contributed by atoms with E-state index in [0.717, 1.165) is 26.3 Å². The highest BCUT2D eigenvalue weighted by molar-refractivity contribution is 5.73. The molecular formula is C32H43NO15. The van der Waals surface area contributed by atoms with E-state index in [1.807, 2.05) is 30.3 Å². The van der Waals surface area contributed by atoms with Crippen LogP contribution < -0.4 is 5.32 Å².